The maximum absolute atomic E-state index is 13.4. The van der Waals surface area contributed by atoms with Crippen molar-refractivity contribution in [2.24, 2.45) is 0 Å². The summed E-state index contributed by atoms with van der Waals surface area (Å²) in [6, 6.07) is 13.0. The zero-order chi connectivity index (χ0) is 23.8. The van der Waals surface area contributed by atoms with Gasteiger partial charge in [0.05, 0.1) is 4.90 Å². The number of hydrogen-bond acceptors (Lipinski definition) is 4. The summed E-state index contributed by atoms with van der Waals surface area (Å²) in [6.45, 7) is 2.48. The molecule has 1 heterocycles. The normalized spacial score (nSPS) is 16.8. The molecule has 0 bridgehead atoms. The molecule has 1 atom stereocenters. The minimum atomic E-state index is -3.79. The van der Waals surface area contributed by atoms with Gasteiger partial charge in [0.15, 0.2) is 0 Å². The Morgan fingerprint density at radius 2 is 1.73 bits per heavy atom. The van der Waals surface area contributed by atoms with Gasteiger partial charge in [0.1, 0.15) is 5.82 Å². The molecule has 2 aromatic carbocycles. The van der Waals surface area contributed by atoms with Gasteiger partial charge in [-0.2, -0.15) is 4.31 Å². The number of nitrogens with zero attached hydrogens (tertiary/aromatic N) is 1. The molecule has 2 amide bonds. The van der Waals surface area contributed by atoms with Gasteiger partial charge in [-0.25, -0.2) is 12.8 Å². The molecule has 2 aromatic rings. The standard InChI is InChI=1S/C24H30FN3O4S/c1-18-17-20(25)10-11-22(18)33(31,32)28-16-6-5-9-21(28)13-15-27-24(30)23(29)26-14-12-19-7-3-2-4-8-19/h2-4,7-8,10-11,17,21H,5-6,9,12-16H2,1H3,(H,26,29)(H,27,30). The Morgan fingerprint density at radius 3 is 2.42 bits per heavy atom. The second kappa shape index (κ2) is 11.4. The van der Waals surface area contributed by atoms with Crippen LogP contribution in [0.3, 0.4) is 0 Å². The Hall–Kier alpha value is -2.78. The van der Waals surface area contributed by atoms with Crippen molar-refractivity contribution in [2.45, 2.75) is 50.0 Å². The van der Waals surface area contributed by atoms with E-state index in [1.165, 1.54) is 16.4 Å². The topological polar surface area (TPSA) is 95.6 Å². The maximum atomic E-state index is 13.4. The zero-order valence-electron chi connectivity index (χ0n) is 18.7. The Labute approximate surface area is 194 Å². The highest BCUT2D eigenvalue weighted by molar-refractivity contribution is 7.89. The molecule has 2 N–H and O–H groups in total. The van der Waals surface area contributed by atoms with Gasteiger partial charge in [-0.1, -0.05) is 36.8 Å². The Morgan fingerprint density at radius 1 is 1.03 bits per heavy atom. The number of piperidine rings is 1. The first-order valence-corrected chi connectivity index (χ1v) is 12.6. The van der Waals surface area contributed by atoms with Crippen LogP contribution in [-0.2, 0) is 26.0 Å². The summed E-state index contributed by atoms with van der Waals surface area (Å²) in [4.78, 5) is 24.2. The summed E-state index contributed by atoms with van der Waals surface area (Å²) in [6.07, 6.45) is 3.30. The van der Waals surface area contributed by atoms with Crippen LogP contribution in [-0.4, -0.2) is 50.2 Å². The van der Waals surface area contributed by atoms with Crippen LogP contribution >= 0.6 is 0 Å². The van der Waals surface area contributed by atoms with E-state index in [4.69, 9.17) is 0 Å². The van der Waals surface area contributed by atoms with Crippen LogP contribution in [0, 0.1) is 12.7 Å². The summed E-state index contributed by atoms with van der Waals surface area (Å²) in [5, 5.41) is 5.18. The van der Waals surface area contributed by atoms with Crippen LogP contribution < -0.4 is 10.6 Å². The monoisotopic (exact) mass is 475 g/mol. The lowest BCUT2D eigenvalue weighted by molar-refractivity contribution is -0.139. The maximum Gasteiger partial charge on any atom is 0.309 e. The highest BCUT2D eigenvalue weighted by Crippen LogP contribution is 2.28. The molecule has 33 heavy (non-hydrogen) atoms. The van der Waals surface area contributed by atoms with E-state index >= 15 is 0 Å². The fraction of sp³-hybridized carbons (Fsp3) is 0.417. The van der Waals surface area contributed by atoms with Gasteiger partial charge in [0.2, 0.25) is 10.0 Å². The van der Waals surface area contributed by atoms with Gasteiger partial charge < -0.3 is 10.6 Å². The minimum absolute atomic E-state index is 0.0950. The lowest BCUT2D eigenvalue weighted by atomic mass is 10.0. The van der Waals surface area contributed by atoms with Gasteiger partial charge in [-0.15, -0.1) is 0 Å². The molecule has 3 rings (SSSR count). The van der Waals surface area contributed by atoms with E-state index in [0.717, 1.165) is 24.5 Å². The first-order valence-electron chi connectivity index (χ1n) is 11.2. The molecule has 178 valence electrons. The molecular formula is C24H30FN3O4S. The number of aryl methyl sites for hydroxylation is 1. The average Bonchev–Trinajstić information content (AvgIpc) is 2.79. The van der Waals surface area contributed by atoms with E-state index in [9.17, 15) is 22.4 Å². The first-order chi connectivity index (χ1) is 15.8. The van der Waals surface area contributed by atoms with E-state index in [1.54, 1.807) is 6.92 Å². The van der Waals surface area contributed by atoms with E-state index in [0.29, 0.717) is 37.9 Å². The van der Waals surface area contributed by atoms with E-state index in [1.807, 2.05) is 30.3 Å². The van der Waals surface area contributed by atoms with Crippen molar-refractivity contribution >= 4 is 21.8 Å². The van der Waals surface area contributed by atoms with Gasteiger partial charge in [-0.3, -0.25) is 9.59 Å². The fourth-order valence-electron chi connectivity index (χ4n) is 4.09. The third kappa shape index (κ3) is 6.61. The number of nitrogens with one attached hydrogen (secondary N) is 2. The smallest absolute Gasteiger partial charge is 0.309 e. The van der Waals surface area contributed by atoms with Gasteiger partial charge in [0.25, 0.3) is 0 Å². The molecular weight excluding hydrogens is 445 g/mol. The molecule has 0 spiro atoms. The van der Waals surface area contributed by atoms with E-state index in [-0.39, 0.29) is 17.5 Å². The Bertz CT molecular complexity index is 1080. The SMILES string of the molecule is Cc1cc(F)ccc1S(=O)(=O)N1CCCCC1CCNC(=O)C(=O)NCCc1ccccc1. The van der Waals surface area contributed by atoms with Crippen molar-refractivity contribution in [3.63, 3.8) is 0 Å². The summed E-state index contributed by atoms with van der Waals surface area (Å²) in [5.74, 6) is -1.92. The number of sulfonamides is 1. The summed E-state index contributed by atoms with van der Waals surface area (Å²) < 4.78 is 41.3. The highest BCUT2D eigenvalue weighted by Gasteiger charge is 2.34. The molecule has 0 saturated carbocycles. The Balaban J connectivity index is 1.51. The summed E-state index contributed by atoms with van der Waals surface area (Å²) in [5.41, 5.74) is 1.42. The molecule has 0 radical (unpaired) electrons. The first kappa shape index (κ1) is 24.9. The molecule has 0 aromatic heterocycles. The predicted molar refractivity (Wildman–Crippen MR) is 123 cm³/mol. The van der Waals surface area contributed by atoms with Crippen molar-refractivity contribution in [3.05, 3.63) is 65.5 Å². The lowest BCUT2D eigenvalue weighted by Crippen LogP contribution is -2.46. The van der Waals surface area contributed by atoms with Crippen LogP contribution in [0.1, 0.15) is 36.8 Å². The minimum Gasteiger partial charge on any atom is -0.348 e. The van der Waals surface area contributed by atoms with Gasteiger partial charge in [0, 0.05) is 25.7 Å². The van der Waals surface area contributed by atoms with Crippen LogP contribution in [0.2, 0.25) is 0 Å². The van der Waals surface area contributed by atoms with E-state index in [2.05, 4.69) is 10.6 Å². The van der Waals surface area contributed by atoms with Crippen molar-refractivity contribution in [1.82, 2.24) is 14.9 Å². The molecule has 0 aliphatic carbocycles. The summed E-state index contributed by atoms with van der Waals surface area (Å²) in [7, 11) is -3.79. The van der Waals surface area contributed by atoms with Crippen LogP contribution in [0.5, 0.6) is 0 Å². The number of halogens is 1. The van der Waals surface area contributed by atoms with Gasteiger partial charge in [-0.05, 0) is 61.9 Å². The molecule has 1 unspecified atom stereocenters. The third-order valence-corrected chi connectivity index (χ3v) is 7.92. The molecule has 9 heteroatoms. The van der Waals surface area contributed by atoms with Crippen LogP contribution in [0.25, 0.3) is 0 Å². The molecule has 1 aliphatic heterocycles. The average molecular weight is 476 g/mol. The second-order valence-electron chi connectivity index (χ2n) is 8.21. The quantitative estimate of drug-likeness (QED) is 0.574. The van der Waals surface area contributed by atoms with Crippen molar-refractivity contribution < 1.29 is 22.4 Å². The second-order valence-corrected chi connectivity index (χ2v) is 10.1. The molecule has 1 aliphatic rings. The van der Waals surface area contributed by atoms with Crippen molar-refractivity contribution in [1.29, 1.82) is 0 Å². The Kier molecular flexibility index (Phi) is 8.57. The molecule has 7 nitrogen and oxygen atoms in total. The van der Waals surface area contributed by atoms with Crippen molar-refractivity contribution in [2.75, 3.05) is 19.6 Å². The zero-order valence-corrected chi connectivity index (χ0v) is 19.5. The molecule has 1 fully saturated rings. The number of carbonyl (C=O) groups excluding carboxylic acids is 2. The number of rotatable bonds is 8. The largest absolute Gasteiger partial charge is 0.348 e. The third-order valence-electron chi connectivity index (χ3n) is 5.81. The van der Waals surface area contributed by atoms with Gasteiger partial charge >= 0.3 is 11.8 Å². The van der Waals surface area contributed by atoms with E-state index < -0.39 is 27.7 Å². The highest BCUT2D eigenvalue weighted by atomic mass is 32.2. The number of carbonyl (C=O) groups is 2. The van der Waals surface area contributed by atoms with Crippen LogP contribution in [0.15, 0.2) is 53.4 Å². The number of benzene rings is 2. The van der Waals surface area contributed by atoms with Crippen LogP contribution in [0.4, 0.5) is 4.39 Å². The fourth-order valence-corrected chi connectivity index (χ4v) is 6.02. The summed E-state index contributed by atoms with van der Waals surface area (Å²) >= 11 is 0. The van der Waals surface area contributed by atoms with Crippen molar-refractivity contribution in [3.8, 4) is 0 Å². The number of hydrogen-bond donors (Lipinski definition) is 2. The lowest BCUT2D eigenvalue weighted by Gasteiger charge is -2.35. The predicted octanol–water partition coefficient (Wildman–Crippen LogP) is 2.54. The number of amides is 2. The molecule has 1 saturated heterocycles.